The topological polar surface area (TPSA) is 66.2 Å². The average molecular weight is 675 g/mol. The van der Waals surface area contributed by atoms with Gasteiger partial charge in [0.25, 0.3) is 5.91 Å². The van der Waals surface area contributed by atoms with Crippen LogP contribution in [0.3, 0.4) is 0 Å². The van der Waals surface area contributed by atoms with Crippen molar-refractivity contribution in [2.75, 3.05) is 44.2 Å². The van der Waals surface area contributed by atoms with Gasteiger partial charge in [-0.3, -0.25) is 9.69 Å². The van der Waals surface area contributed by atoms with Crippen LogP contribution in [-0.2, 0) is 4.79 Å². The molecular formula is C36H34ClF3N6O2. The number of ether oxygens (including phenoxy) is 1. The van der Waals surface area contributed by atoms with E-state index in [2.05, 4.69) is 21.3 Å². The van der Waals surface area contributed by atoms with E-state index in [-0.39, 0.29) is 59.0 Å². The van der Waals surface area contributed by atoms with Gasteiger partial charge >= 0.3 is 6.01 Å². The monoisotopic (exact) mass is 674 g/mol. The van der Waals surface area contributed by atoms with Crippen LogP contribution in [0.15, 0.2) is 54.9 Å². The van der Waals surface area contributed by atoms with Crippen molar-refractivity contribution in [1.29, 1.82) is 0 Å². The molecule has 7 rings (SSSR count). The van der Waals surface area contributed by atoms with Crippen molar-refractivity contribution in [2.24, 2.45) is 0 Å². The second-order valence-corrected chi connectivity index (χ2v) is 13.4. The van der Waals surface area contributed by atoms with Crippen LogP contribution < -0.4 is 9.64 Å². The molecule has 48 heavy (non-hydrogen) atoms. The largest absolute Gasteiger partial charge is 0.461 e. The third-order valence-electron chi connectivity index (χ3n) is 10.2. The zero-order valence-electron chi connectivity index (χ0n) is 26.5. The number of amides is 1. The maximum absolute atomic E-state index is 16.9. The van der Waals surface area contributed by atoms with Crippen molar-refractivity contribution in [3.8, 4) is 17.1 Å². The first-order valence-electron chi connectivity index (χ1n) is 16.1. The molecule has 4 heterocycles. The number of hydrogen-bond acceptors (Lipinski definition) is 6. The molecule has 1 amide bonds. The van der Waals surface area contributed by atoms with Crippen molar-refractivity contribution in [1.82, 2.24) is 19.8 Å². The molecule has 0 N–H and O–H groups in total. The Morgan fingerprint density at radius 2 is 1.88 bits per heavy atom. The Kier molecular flexibility index (Phi) is 8.42. The summed E-state index contributed by atoms with van der Waals surface area (Å²) in [5.74, 6) is -3.52. The van der Waals surface area contributed by atoms with Gasteiger partial charge in [-0.15, -0.1) is 0 Å². The van der Waals surface area contributed by atoms with Gasteiger partial charge in [0.1, 0.15) is 29.8 Å². The number of anilines is 1. The molecule has 0 unspecified atom stereocenters. The summed E-state index contributed by atoms with van der Waals surface area (Å²) < 4.78 is 53.5. The van der Waals surface area contributed by atoms with Gasteiger partial charge in [0.15, 0.2) is 11.6 Å². The Hall–Kier alpha value is -4.40. The summed E-state index contributed by atoms with van der Waals surface area (Å²) in [5.41, 5.74) is -0.260. The standard InChI is InChI=1S/C36H34ClF3N6O2/c1-21-18-46(34(47)22(2)38)24(17-41-3)19-45(21)33-26-16-28(39)30(25-10-4-8-23-9-5-11-27(37)29(23)25)31(40)32(26)42-35(43-33)48-20-36-12-6-14-44(36)15-7-13-36/h4-5,8-11,16,21,24H,2,6-7,12-15,17-20H2,1H3/t21-,24-/m0/s1. The minimum Gasteiger partial charge on any atom is -0.461 e. The Bertz CT molecular complexity index is 1990. The summed E-state index contributed by atoms with van der Waals surface area (Å²) in [4.78, 5) is 31.0. The average Bonchev–Trinajstić information content (AvgIpc) is 3.65. The number of carbonyl (C=O) groups excluding carboxylic acids is 1. The van der Waals surface area contributed by atoms with Gasteiger partial charge in [-0.2, -0.15) is 9.97 Å². The predicted octanol–water partition coefficient (Wildman–Crippen LogP) is 7.20. The van der Waals surface area contributed by atoms with Crippen molar-refractivity contribution in [3.05, 3.63) is 82.9 Å². The number of nitrogens with zero attached hydrogens (tertiary/aromatic N) is 6. The molecule has 2 atom stereocenters. The molecule has 12 heteroatoms. The van der Waals surface area contributed by atoms with Gasteiger partial charge in [-0.25, -0.2) is 19.7 Å². The molecule has 1 aromatic heterocycles. The number of hydrogen-bond donors (Lipinski definition) is 0. The molecule has 0 aliphatic carbocycles. The molecule has 4 aromatic rings. The summed E-state index contributed by atoms with van der Waals surface area (Å²) in [7, 11) is 0. The van der Waals surface area contributed by atoms with Crippen LogP contribution >= 0.6 is 11.6 Å². The first-order valence-corrected chi connectivity index (χ1v) is 16.5. The molecule has 3 aliphatic heterocycles. The van der Waals surface area contributed by atoms with E-state index < -0.39 is 35.5 Å². The van der Waals surface area contributed by atoms with Gasteiger partial charge in [-0.1, -0.05) is 48.5 Å². The highest BCUT2D eigenvalue weighted by atomic mass is 35.5. The normalized spacial score (nSPS) is 20.7. The van der Waals surface area contributed by atoms with Crippen LogP contribution in [0.1, 0.15) is 32.6 Å². The van der Waals surface area contributed by atoms with Crippen LogP contribution in [0.4, 0.5) is 19.0 Å². The van der Waals surface area contributed by atoms with Crippen LogP contribution in [0.25, 0.3) is 37.6 Å². The molecule has 3 aromatic carbocycles. The number of halogens is 4. The number of benzene rings is 3. The van der Waals surface area contributed by atoms with E-state index in [1.54, 1.807) is 36.1 Å². The predicted molar refractivity (Wildman–Crippen MR) is 180 cm³/mol. The second-order valence-electron chi connectivity index (χ2n) is 13.0. The third kappa shape index (κ3) is 5.41. The number of carbonyl (C=O) groups is 1. The van der Waals surface area contributed by atoms with E-state index in [4.69, 9.17) is 27.9 Å². The van der Waals surface area contributed by atoms with Crippen molar-refractivity contribution >= 4 is 45.0 Å². The number of fused-ring (bicyclic) bond motifs is 3. The summed E-state index contributed by atoms with van der Waals surface area (Å²) in [6.07, 6.45) is 4.08. The first-order chi connectivity index (χ1) is 23.1. The molecule has 8 nitrogen and oxygen atoms in total. The molecule has 0 saturated carbocycles. The lowest BCUT2D eigenvalue weighted by Gasteiger charge is -2.44. The molecule has 3 fully saturated rings. The zero-order valence-corrected chi connectivity index (χ0v) is 27.2. The number of aromatic nitrogens is 2. The lowest BCUT2D eigenvalue weighted by atomic mass is 9.95. The van der Waals surface area contributed by atoms with E-state index in [1.165, 1.54) is 11.0 Å². The molecule has 3 saturated heterocycles. The molecule has 0 spiro atoms. The minimum absolute atomic E-state index is 0.0409. The Morgan fingerprint density at radius 3 is 2.58 bits per heavy atom. The SMILES string of the molecule is [C-]#[N+]C[C@H]1CN(c2nc(OCC34CCCN3CCC4)nc3c(F)c(-c4cccc5cccc(Cl)c45)c(F)cc23)[C@@H](C)CN1C(=O)C(=C)F. The Morgan fingerprint density at radius 1 is 1.15 bits per heavy atom. The molecular weight excluding hydrogens is 641 g/mol. The van der Waals surface area contributed by atoms with Gasteiger partial charge in [0.05, 0.1) is 11.1 Å². The quantitative estimate of drug-likeness (QED) is 0.153. The molecule has 0 radical (unpaired) electrons. The van der Waals surface area contributed by atoms with Crippen LogP contribution in [-0.4, -0.2) is 82.6 Å². The van der Waals surface area contributed by atoms with Gasteiger partial charge in [0, 0.05) is 34.9 Å². The fourth-order valence-electron chi connectivity index (χ4n) is 7.85. The van der Waals surface area contributed by atoms with Crippen molar-refractivity contribution < 1.29 is 22.7 Å². The fraction of sp³-hybridized carbons (Fsp3) is 0.389. The lowest BCUT2D eigenvalue weighted by Crippen LogP contribution is -2.60. The lowest BCUT2D eigenvalue weighted by molar-refractivity contribution is -0.131. The van der Waals surface area contributed by atoms with Gasteiger partial charge in [0.2, 0.25) is 6.54 Å². The highest BCUT2D eigenvalue weighted by Crippen LogP contribution is 2.42. The smallest absolute Gasteiger partial charge is 0.319 e. The highest BCUT2D eigenvalue weighted by Gasteiger charge is 2.45. The molecule has 248 valence electrons. The number of rotatable bonds is 7. The summed E-state index contributed by atoms with van der Waals surface area (Å²) in [6, 6.07) is 10.4. The fourth-order valence-corrected chi connectivity index (χ4v) is 8.14. The summed E-state index contributed by atoms with van der Waals surface area (Å²) >= 11 is 6.56. The Labute approximate surface area is 281 Å². The first kappa shape index (κ1) is 32.2. The summed E-state index contributed by atoms with van der Waals surface area (Å²) in [6.45, 7) is 14.7. The molecule has 0 bridgehead atoms. The van der Waals surface area contributed by atoms with E-state index in [1.807, 2.05) is 12.1 Å². The minimum atomic E-state index is -1.12. The van der Waals surface area contributed by atoms with E-state index >= 15 is 8.78 Å². The van der Waals surface area contributed by atoms with Crippen LogP contribution in [0.2, 0.25) is 5.02 Å². The van der Waals surface area contributed by atoms with Crippen molar-refractivity contribution in [3.63, 3.8) is 0 Å². The second kappa shape index (κ2) is 12.6. The van der Waals surface area contributed by atoms with Gasteiger partial charge in [-0.05, 0) is 68.8 Å². The van der Waals surface area contributed by atoms with E-state index in [9.17, 15) is 9.18 Å². The zero-order chi connectivity index (χ0) is 33.7. The van der Waals surface area contributed by atoms with Crippen LogP contribution in [0, 0.1) is 18.2 Å². The third-order valence-corrected chi connectivity index (χ3v) is 10.5. The van der Waals surface area contributed by atoms with E-state index in [0.29, 0.717) is 17.0 Å². The number of piperazine rings is 1. The van der Waals surface area contributed by atoms with Crippen LogP contribution in [0.5, 0.6) is 6.01 Å². The Balaban J connectivity index is 1.38. The molecule has 3 aliphatic rings. The maximum Gasteiger partial charge on any atom is 0.319 e. The van der Waals surface area contributed by atoms with Gasteiger partial charge < -0.3 is 19.4 Å². The van der Waals surface area contributed by atoms with E-state index in [0.717, 1.165) is 44.2 Å². The summed E-state index contributed by atoms with van der Waals surface area (Å²) in [5, 5.41) is 1.70. The maximum atomic E-state index is 16.9. The highest BCUT2D eigenvalue weighted by molar-refractivity contribution is 6.36. The van der Waals surface area contributed by atoms with Crippen molar-refractivity contribution in [2.45, 2.75) is 50.2 Å².